The number of aryl methyl sites for hydroxylation is 2. The number of amides is 1. The first-order valence-electron chi connectivity index (χ1n) is 8.93. The van der Waals surface area contributed by atoms with Gasteiger partial charge in [-0.1, -0.05) is 6.07 Å². The number of hydrogen-bond acceptors (Lipinski definition) is 5. The molecule has 0 aliphatic carbocycles. The molecule has 1 N–H and O–H groups in total. The van der Waals surface area contributed by atoms with Gasteiger partial charge in [-0.2, -0.15) is 0 Å². The van der Waals surface area contributed by atoms with Crippen LogP contribution in [0.4, 0.5) is 4.79 Å². The van der Waals surface area contributed by atoms with Crippen LogP contribution in [0.5, 0.6) is 5.75 Å². The highest BCUT2D eigenvalue weighted by Gasteiger charge is 2.23. The molecule has 0 bridgehead atoms. The number of piperazine rings is 1. The van der Waals surface area contributed by atoms with Crippen LogP contribution in [-0.4, -0.2) is 73.0 Å². The second kappa shape index (κ2) is 9.06. The Kier molecular flexibility index (Phi) is 7.08. The van der Waals surface area contributed by atoms with E-state index in [1.807, 2.05) is 26.8 Å². The predicted octanol–water partition coefficient (Wildman–Crippen LogP) is 2.13. The summed E-state index contributed by atoms with van der Waals surface area (Å²) in [5.74, 6) is 0.837. The Labute approximate surface area is 150 Å². The Balaban J connectivity index is 1.76. The summed E-state index contributed by atoms with van der Waals surface area (Å²) in [6, 6.07) is 4.13. The molecule has 1 aromatic carbocycles. The molecule has 140 valence electrons. The molecule has 0 aromatic heterocycles. The zero-order chi connectivity index (χ0) is 18.4. The number of benzene rings is 1. The molecule has 1 fully saturated rings. The number of aliphatic hydroxyl groups is 1. The fourth-order valence-corrected chi connectivity index (χ4v) is 3.02. The van der Waals surface area contributed by atoms with E-state index in [4.69, 9.17) is 9.47 Å². The molecule has 6 heteroatoms. The molecule has 1 amide bonds. The number of hydrogen-bond donors (Lipinski definition) is 1. The number of β-amino-alcohol motifs (C(OH)–C–C–N with tert-alkyl or cyclic N) is 1. The maximum atomic E-state index is 11.7. The molecule has 1 aromatic rings. The third-order valence-corrected chi connectivity index (χ3v) is 4.56. The maximum Gasteiger partial charge on any atom is 0.409 e. The summed E-state index contributed by atoms with van der Waals surface area (Å²) in [4.78, 5) is 15.5. The van der Waals surface area contributed by atoms with Gasteiger partial charge in [0.25, 0.3) is 0 Å². The van der Waals surface area contributed by atoms with Gasteiger partial charge in [-0.25, -0.2) is 4.79 Å². The molecule has 1 atom stereocenters. The minimum atomic E-state index is -0.561. The summed E-state index contributed by atoms with van der Waals surface area (Å²) in [6.07, 6.45) is -0.814. The Morgan fingerprint density at radius 3 is 2.52 bits per heavy atom. The highest BCUT2D eigenvalue weighted by molar-refractivity contribution is 5.67. The van der Waals surface area contributed by atoms with Gasteiger partial charge in [0.1, 0.15) is 18.5 Å². The van der Waals surface area contributed by atoms with Gasteiger partial charge >= 0.3 is 6.09 Å². The van der Waals surface area contributed by atoms with Crippen molar-refractivity contribution in [2.24, 2.45) is 0 Å². The lowest BCUT2D eigenvalue weighted by Gasteiger charge is -2.34. The third kappa shape index (κ3) is 5.61. The lowest BCUT2D eigenvalue weighted by atomic mass is 10.1. The molecule has 0 radical (unpaired) electrons. The normalized spacial score (nSPS) is 16.6. The van der Waals surface area contributed by atoms with Gasteiger partial charge < -0.3 is 19.5 Å². The minimum Gasteiger partial charge on any atom is -0.491 e. The Hall–Kier alpha value is -1.79. The minimum absolute atomic E-state index is 0.253. The fraction of sp³-hybridized carbons (Fsp3) is 0.632. The molecule has 0 saturated carbocycles. The molecular weight excluding hydrogens is 320 g/mol. The van der Waals surface area contributed by atoms with Gasteiger partial charge in [-0.05, 0) is 50.5 Å². The van der Waals surface area contributed by atoms with E-state index < -0.39 is 6.10 Å². The maximum absolute atomic E-state index is 11.7. The van der Waals surface area contributed by atoms with Crippen LogP contribution in [0.25, 0.3) is 0 Å². The number of nitrogens with zero attached hydrogens (tertiary/aromatic N) is 2. The van der Waals surface area contributed by atoms with Crippen molar-refractivity contribution in [3.63, 3.8) is 0 Å². The molecule has 1 saturated heterocycles. The van der Waals surface area contributed by atoms with Gasteiger partial charge in [0.2, 0.25) is 0 Å². The Bertz CT molecular complexity index is 583. The van der Waals surface area contributed by atoms with Crippen molar-refractivity contribution >= 4 is 6.09 Å². The average molecular weight is 350 g/mol. The van der Waals surface area contributed by atoms with Crippen molar-refractivity contribution in [1.29, 1.82) is 0 Å². The van der Waals surface area contributed by atoms with E-state index in [2.05, 4.69) is 17.9 Å². The first-order chi connectivity index (χ1) is 11.9. The number of rotatable bonds is 6. The number of carbonyl (C=O) groups is 1. The lowest BCUT2D eigenvalue weighted by Crippen LogP contribution is -2.51. The summed E-state index contributed by atoms with van der Waals surface area (Å²) >= 11 is 0. The zero-order valence-electron chi connectivity index (χ0n) is 15.7. The fourth-order valence-electron chi connectivity index (χ4n) is 3.02. The third-order valence-electron chi connectivity index (χ3n) is 4.56. The van der Waals surface area contributed by atoms with E-state index in [1.165, 1.54) is 5.56 Å². The Morgan fingerprint density at radius 1 is 1.20 bits per heavy atom. The topological polar surface area (TPSA) is 62.2 Å². The zero-order valence-corrected chi connectivity index (χ0v) is 15.7. The molecule has 1 aliphatic rings. The van der Waals surface area contributed by atoms with Crippen LogP contribution >= 0.6 is 0 Å². The van der Waals surface area contributed by atoms with Crippen molar-refractivity contribution in [2.75, 3.05) is 45.9 Å². The highest BCUT2D eigenvalue weighted by Crippen LogP contribution is 2.23. The van der Waals surface area contributed by atoms with Crippen LogP contribution in [0.1, 0.15) is 23.6 Å². The quantitative estimate of drug-likeness (QED) is 0.852. The first-order valence-corrected chi connectivity index (χ1v) is 8.93. The van der Waals surface area contributed by atoms with E-state index in [-0.39, 0.29) is 12.7 Å². The van der Waals surface area contributed by atoms with Crippen LogP contribution < -0.4 is 4.74 Å². The largest absolute Gasteiger partial charge is 0.491 e. The van der Waals surface area contributed by atoms with Crippen molar-refractivity contribution in [2.45, 2.75) is 33.8 Å². The van der Waals surface area contributed by atoms with Crippen molar-refractivity contribution in [1.82, 2.24) is 9.80 Å². The summed E-state index contributed by atoms with van der Waals surface area (Å²) in [6.45, 7) is 11.9. The van der Waals surface area contributed by atoms with E-state index in [9.17, 15) is 9.90 Å². The summed E-state index contributed by atoms with van der Waals surface area (Å²) < 4.78 is 10.8. The van der Waals surface area contributed by atoms with E-state index >= 15 is 0 Å². The lowest BCUT2D eigenvalue weighted by molar-refractivity contribution is 0.0406. The van der Waals surface area contributed by atoms with Gasteiger partial charge in [0, 0.05) is 32.7 Å². The van der Waals surface area contributed by atoms with Crippen LogP contribution in [-0.2, 0) is 4.74 Å². The molecule has 0 unspecified atom stereocenters. The smallest absolute Gasteiger partial charge is 0.409 e. The van der Waals surface area contributed by atoms with Gasteiger partial charge in [0.15, 0.2) is 0 Å². The highest BCUT2D eigenvalue weighted by atomic mass is 16.6. The predicted molar refractivity (Wildman–Crippen MR) is 97.2 cm³/mol. The Morgan fingerprint density at radius 2 is 1.88 bits per heavy atom. The van der Waals surface area contributed by atoms with Gasteiger partial charge in [-0.3, -0.25) is 4.90 Å². The standard InChI is InChI=1S/C19H30N2O4/c1-5-24-19(23)21-8-6-20(7-9-21)12-17(22)13-25-18-11-14(2)10-15(3)16(18)4/h10-11,17,22H,5-9,12-13H2,1-4H3/t17-/m0/s1. The van der Waals surface area contributed by atoms with E-state index in [0.29, 0.717) is 26.2 Å². The first kappa shape index (κ1) is 19.5. The molecule has 1 aliphatic heterocycles. The summed E-state index contributed by atoms with van der Waals surface area (Å²) in [5.41, 5.74) is 3.46. The van der Waals surface area contributed by atoms with Crippen molar-refractivity contribution in [3.05, 3.63) is 28.8 Å². The van der Waals surface area contributed by atoms with Crippen molar-refractivity contribution < 1.29 is 19.4 Å². The van der Waals surface area contributed by atoms with Crippen LogP contribution in [0, 0.1) is 20.8 Å². The van der Waals surface area contributed by atoms with Crippen LogP contribution in [0.2, 0.25) is 0 Å². The van der Waals surface area contributed by atoms with Crippen molar-refractivity contribution in [3.8, 4) is 5.75 Å². The molecule has 6 nitrogen and oxygen atoms in total. The van der Waals surface area contributed by atoms with E-state index in [1.54, 1.807) is 4.90 Å². The van der Waals surface area contributed by atoms with Crippen LogP contribution in [0.15, 0.2) is 12.1 Å². The SMILES string of the molecule is CCOC(=O)N1CCN(C[C@H](O)COc2cc(C)cc(C)c2C)CC1. The van der Waals surface area contributed by atoms with Gasteiger partial charge in [0.05, 0.1) is 6.61 Å². The summed E-state index contributed by atoms with van der Waals surface area (Å²) in [5, 5.41) is 10.3. The van der Waals surface area contributed by atoms with E-state index in [0.717, 1.165) is 30.0 Å². The second-order valence-electron chi connectivity index (χ2n) is 6.66. The summed E-state index contributed by atoms with van der Waals surface area (Å²) in [7, 11) is 0. The average Bonchev–Trinajstić information content (AvgIpc) is 2.57. The molecule has 0 spiro atoms. The van der Waals surface area contributed by atoms with Gasteiger partial charge in [-0.15, -0.1) is 0 Å². The monoisotopic (exact) mass is 350 g/mol. The van der Waals surface area contributed by atoms with Crippen LogP contribution in [0.3, 0.4) is 0 Å². The number of aliphatic hydroxyl groups excluding tert-OH is 1. The molecular formula is C19H30N2O4. The molecule has 2 rings (SSSR count). The number of ether oxygens (including phenoxy) is 2. The molecule has 1 heterocycles. The second-order valence-corrected chi connectivity index (χ2v) is 6.66. The number of carbonyl (C=O) groups excluding carboxylic acids is 1. The molecule has 25 heavy (non-hydrogen) atoms.